The van der Waals surface area contributed by atoms with Crippen molar-refractivity contribution in [2.45, 2.75) is 44.9 Å². The number of aromatic nitrogens is 4. The van der Waals surface area contributed by atoms with Crippen molar-refractivity contribution < 1.29 is 14.6 Å². The number of nitrogens with zero attached hydrogens (tertiary/aromatic N) is 6. The molecule has 2 atom stereocenters. The molecule has 0 aliphatic carbocycles. The van der Waals surface area contributed by atoms with Gasteiger partial charge in [0, 0.05) is 68.7 Å². The van der Waals surface area contributed by atoms with E-state index in [1.165, 1.54) is 5.69 Å². The first-order valence-electron chi connectivity index (χ1n) is 12.0. The summed E-state index contributed by atoms with van der Waals surface area (Å²) in [4.78, 5) is 16.2. The van der Waals surface area contributed by atoms with E-state index in [9.17, 15) is 9.90 Å². The largest absolute Gasteiger partial charge is 0.391 e. The molecule has 0 spiro atoms. The topological polar surface area (TPSA) is 88.7 Å². The molecule has 178 valence electrons. The van der Waals surface area contributed by atoms with Crippen LogP contribution in [-0.2, 0) is 36.0 Å². The van der Waals surface area contributed by atoms with E-state index in [1.54, 1.807) is 11.6 Å². The minimum Gasteiger partial charge on any atom is -0.391 e. The molecule has 0 radical (unpaired) electrons. The van der Waals surface area contributed by atoms with Crippen molar-refractivity contribution in [1.82, 2.24) is 24.5 Å². The van der Waals surface area contributed by atoms with E-state index in [2.05, 4.69) is 32.9 Å². The molecular formula is C25H30N6O3. The number of benzene rings is 1. The van der Waals surface area contributed by atoms with Gasteiger partial charge in [-0.3, -0.25) is 14.2 Å². The molecule has 5 heterocycles. The molecule has 9 nitrogen and oxygen atoms in total. The van der Waals surface area contributed by atoms with Crippen molar-refractivity contribution in [3.05, 3.63) is 47.4 Å². The van der Waals surface area contributed by atoms with Gasteiger partial charge in [0.05, 0.1) is 38.0 Å². The fraction of sp³-hybridized carbons (Fsp3) is 0.480. The molecule has 6 rings (SSSR count). The lowest BCUT2D eigenvalue weighted by Crippen LogP contribution is -2.38. The minimum absolute atomic E-state index is 0.0775. The van der Waals surface area contributed by atoms with Crippen LogP contribution in [0.25, 0.3) is 11.1 Å². The van der Waals surface area contributed by atoms with Crippen LogP contribution in [0.1, 0.15) is 36.2 Å². The number of ether oxygens (including phenoxy) is 1. The number of fused-ring (bicyclic) bond motifs is 2. The first kappa shape index (κ1) is 21.4. The average Bonchev–Trinajstić information content (AvgIpc) is 3.57. The van der Waals surface area contributed by atoms with Crippen molar-refractivity contribution in [3.8, 4) is 11.1 Å². The van der Waals surface area contributed by atoms with E-state index < -0.39 is 6.10 Å². The smallest absolute Gasteiger partial charge is 0.219 e. The highest BCUT2D eigenvalue weighted by Crippen LogP contribution is 2.40. The minimum atomic E-state index is -0.500. The third-order valence-corrected chi connectivity index (χ3v) is 7.27. The monoisotopic (exact) mass is 462 g/mol. The van der Waals surface area contributed by atoms with Gasteiger partial charge in [0.25, 0.3) is 0 Å². The van der Waals surface area contributed by atoms with Gasteiger partial charge in [0.15, 0.2) is 5.82 Å². The molecule has 3 aliphatic rings. The second kappa shape index (κ2) is 8.25. The molecule has 3 aromatic rings. The van der Waals surface area contributed by atoms with Crippen LogP contribution in [0.5, 0.6) is 0 Å². The Morgan fingerprint density at radius 2 is 2.15 bits per heavy atom. The maximum atomic E-state index is 12.2. The second-order valence-corrected chi connectivity index (χ2v) is 9.62. The number of amides is 1. The van der Waals surface area contributed by atoms with Crippen molar-refractivity contribution in [2.75, 3.05) is 31.2 Å². The molecule has 0 unspecified atom stereocenters. The molecule has 3 aliphatic heterocycles. The zero-order valence-electron chi connectivity index (χ0n) is 19.6. The van der Waals surface area contributed by atoms with E-state index in [-0.39, 0.29) is 11.9 Å². The van der Waals surface area contributed by atoms with Crippen molar-refractivity contribution >= 4 is 17.4 Å². The second-order valence-electron chi connectivity index (χ2n) is 9.62. The number of rotatable bonds is 3. The van der Waals surface area contributed by atoms with Crippen LogP contribution in [0.4, 0.5) is 11.5 Å². The molecule has 0 saturated carbocycles. The van der Waals surface area contributed by atoms with Gasteiger partial charge in [-0.1, -0.05) is 6.07 Å². The van der Waals surface area contributed by atoms with Crippen molar-refractivity contribution in [1.29, 1.82) is 0 Å². The number of aryl methyl sites for hydroxylation is 1. The highest BCUT2D eigenvalue weighted by Gasteiger charge is 2.35. The van der Waals surface area contributed by atoms with Gasteiger partial charge in [0.1, 0.15) is 0 Å². The molecule has 9 heteroatoms. The molecule has 0 bridgehead atoms. The van der Waals surface area contributed by atoms with E-state index in [4.69, 9.17) is 9.84 Å². The molecule has 1 N–H and O–H groups in total. The van der Waals surface area contributed by atoms with Crippen LogP contribution in [0.3, 0.4) is 0 Å². The van der Waals surface area contributed by atoms with Crippen LogP contribution in [0.2, 0.25) is 0 Å². The molecule has 1 saturated heterocycles. The highest BCUT2D eigenvalue weighted by molar-refractivity contribution is 5.76. The summed E-state index contributed by atoms with van der Waals surface area (Å²) >= 11 is 0. The average molecular weight is 463 g/mol. The predicted octanol–water partition coefficient (Wildman–Crippen LogP) is 2.20. The van der Waals surface area contributed by atoms with Crippen LogP contribution < -0.4 is 4.90 Å². The summed E-state index contributed by atoms with van der Waals surface area (Å²) in [6.45, 7) is 4.76. The number of hydrogen-bond donors (Lipinski definition) is 1. The Bertz CT molecular complexity index is 1240. The number of aliphatic hydroxyl groups excluding tert-OH is 1. The van der Waals surface area contributed by atoms with Gasteiger partial charge in [-0.25, -0.2) is 0 Å². The summed E-state index contributed by atoms with van der Waals surface area (Å²) in [6.07, 6.45) is 5.67. The summed E-state index contributed by atoms with van der Waals surface area (Å²) in [6, 6.07) is 6.60. The molecule has 34 heavy (non-hydrogen) atoms. The normalized spacial score (nSPS) is 22.1. The first-order chi connectivity index (χ1) is 16.5. The summed E-state index contributed by atoms with van der Waals surface area (Å²) in [5.74, 6) is 0.927. The van der Waals surface area contributed by atoms with Crippen LogP contribution in [0.15, 0.2) is 30.6 Å². The molecule has 1 aromatic carbocycles. The Hall–Kier alpha value is -3.17. The summed E-state index contributed by atoms with van der Waals surface area (Å²) in [7, 11) is 1.91. The third kappa shape index (κ3) is 3.59. The van der Waals surface area contributed by atoms with E-state index >= 15 is 0 Å². The van der Waals surface area contributed by atoms with Gasteiger partial charge < -0.3 is 19.6 Å². The Labute approximate surface area is 198 Å². The lowest BCUT2D eigenvalue weighted by atomic mass is 9.95. The molecule has 1 amide bonds. The number of hydrogen-bond acceptors (Lipinski definition) is 6. The van der Waals surface area contributed by atoms with Crippen molar-refractivity contribution in [3.63, 3.8) is 0 Å². The lowest BCUT2D eigenvalue weighted by molar-refractivity contribution is -0.129. The zero-order chi connectivity index (χ0) is 23.4. The maximum absolute atomic E-state index is 12.2. The van der Waals surface area contributed by atoms with Crippen LogP contribution >= 0.6 is 0 Å². The van der Waals surface area contributed by atoms with Gasteiger partial charge in [-0.05, 0) is 29.7 Å². The number of β-amino-alcohol motifs (C(OH)–C–C–N with tert-alkyl or cyclic N) is 1. The predicted molar refractivity (Wildman–Crippen MR) is 127 cm³/mol. The Kier molecular flexibility index (Phi) is 5.18. The third-order valence-electron chi connectivity index (χ3n) is 7.27. The maximum Gasteiger partial charge on any atom is 0.219 e. The fourth-order valence-corrected chi connectivity index (χ4v) is 5.52. The first-order valence-corrected chi connectivity index (χ1v) is 12.0. The van der Waals surface area contributed by atoms with Crippen molar-refractivity contribution in [2.24, 2.45) is 7.05 Å². The Morgan fingerprint density at radius 1 is 1.26 bits per heavy atom. The SMILES string of the molecule is CC(=O)N1CCc2c(c(N3C[C@@H](O)Cc4cc(-c5cnn(C)c5)ccc43)nn2[C@H]2CCOC2)C1. The lowest BCUT2D eigenvalue weighted by Gasteiger charge is -2.34. The van der Waals surface area contributed by atoms with Crippen LogP contribution in [0, 0.1) is 0 Å². The summed E-state index contributed by atoms with van der Waals surface area (Å²) < 4.78 is 9.59. The van der Waals surface area contributed by atoms with Gasteiger partial charge >= 0.3 is 0 Å². The molecular weight excluding hydrogens is 432 g/mol. The highest BCUT2D eigenvalue weighted by atomic mass is 16.5. The van der Waals surface area contributed by atoms with Gasteiger partial charge in [-0.15, -0.1) is 0 Å². The van der Waals surface area contributed by atoms with E-state index in [1.807, 2.05) is 24.3 Å². The zero-order valence-corrected chi connectivity index (χ0v) is 19.6. The van der Waals surface area contributed by atoms with Gasteiger partial charge in [0.2, 0.25) is 5.91 Å². The quantitative estimate of drug-likeness (QED) is 0.642. The van der Waals surface area contributed by atoms with Crippen LogP contribution in [-0.4, -0.2) is 67.9 Å². The number of anilines is 2. The van der Waals surface area contributed by atoms with Gasteiger partial charge in [-0.2, -0.15) is 10.2 Å². The summed E-state index contributed by atoms with van der Waals surface area (Å²) in [5.41, 5.74) is 6.57. The molecule has 1 fully saturated rings. The number of aliphatic hydroxyl groups is 1. The Balaban J connectivity index is 1.44. The van der Waals surface area contributed by atoms with E-state index in [0.717, 1.165) is 53.2 Å². The molecule has 2 aromatic heterocycles. The summed E-state index contributed by atoms with van der Waals surface area (Å²) in [5, 5.41) is 20.2. The standard InChI is InChI=1S/C25H30N6O3/c1-16(32)29-7-5-24-22(14-29)25(27-31(24)20-6-8-34-15-20)30-13-21(33)10-18-9-17(3-4-23(18)30)19-11-26-28(2)12-19/h3-4,9,11-12,20-21,33H,5-8,10,13-15H2,1-2H3/t20-,21-/m0/s1. The number of carbonyl (C=O) groups excluding carboxylic acids is 1. The Morgan fingerprint density at radius 3 is 2.88 bits per heavy atom. The number of carbonyl (C=O) groups is 1. The van der Waals surface area contributed by atoms with E-state index in [0.29, 0.717) is 32.7 Å². The fourth-order valence-electron chi connectivity index (χ4n) is 5.52.